The van der Waals surface area contributed by atoms with E-state index in [9.17, 15) is 0 Å². The number of hydrogen-bond acceptors (Lipinski definition) is 3. The second-order valence-electron chi connectivity index (χ2n) is 4.27. The molecule has 0 amide bonds. The minimum Gasteiger partial charge on any atom is -0.494 e. The van der Waals surface area contributed by atoms with Gasteiger partial charge in [-0.15, -0.1) is 0 Å². The van der Waals surface area contributed by atoms with Crippen molar-refractivity contribution in [1.82, 2.24) is 0 Å². The fourth-order valence-corrected chi connectivity index (χ4v) is 2.11. The van der Waals surface area contributed by atoms with Crippen molar-refractivity contribution in [2.24, 2.45) is 0 Å². The van der Waals surface area contributed by atoms with Gasteiger partial charge in [0.25, 0.3) is 0 Å². The third kappa shape index (κ3) is 2.53. The molecule has 0 aromatic heterocycles. The van der Waals surface area contributed by atoms with Crippen LogP contribution in [0.3, 0.4) is 0 Å². The van der Waals surface area contributed by atoms with Crippen molar-refractivity contribution < 1.29 is 4.74 Å². The van der Waals surface area contributed by atoms with Crippen LogP contribution < -0.4 is 10.5 Å². The molecule has 0 unspecified atom stereocenters. The van der Waals surface area contributed by atoms with Crippen LogP contribution >= 0.6 is 0 Å². The van der Waals surface area contributed by atoms with E-state index < -0.39 is 0 Å². The first-order chi connectivity index (χ1) is 9.17. The van der Waals surface area contributed by atoms with Gasteiger partial charge >= 0.3 is 0 Å². The van der Waals surface area contributed by atoms with E-state index >= 15 is 0 Å². The summed E-state index contributed by atoms with van der Waals surface area (Å²) in [6.07, 6.45) is 0. The highest BCUT2D eigenvalue weighted by molar-refractivity contribution is 5.75. The molecule has 2 N–H and O–H groups in total. The fraction of sp³-hybridized carbons (Fsp3) is 0.188. The summed E-state index contributed by atoms with van der Waals surface area (Å²) in [7, 11) is 0. The molecule has 19 heavy (non-hydrogen) atoms. The number of ether oxygens (including phenoxy) is 1. The first kappa shape index (κ1) is 13.0. The Morgan fingerprint density at radius 3 is 2.74 bits per heavy atom. The SMILES string of the molecule is CCOc1cccc(-c2ccc(N)c(C#N)c2C)c1. The highest BCUT2D eigenvalue weighted by atomic mass is 16.5. The lowest BCUT2D eigenvalue weighted by Gasteiger charge is -2.11. The first-order valence-electron chi connectivity index (χ1n) is 6.19. The largest absolute Gasteiger partial charge is 0.494 e. The summed E-state index contributed by atoms with van der Waals surface area (Å²) in [5, 5.41) is 9.15. The highest BCUT2D eigenvalue weighted by Gasteiger charge is 2.09. The Kier molecular flexibility index (Phi) is 3.72. The molecule has 0 saturated carbocycles. The lowest BCUT2D eigenvalue weighted by Crippen LogP contribution is -1.96. The smallest absolute Gasteiger partial charge is 0.119 e. The third-order valence-electron chi connectivity index (χ3n) is 3.07. The minimum atomic E-state index is 0.518. The molecule has 0 spiro atoms. The highest BCUT2D eigenvalue weighted by Crippen LogP contribution is 2.30. The van der Waals surface area contributed by atoms with Gasteiger partial charge in [0.15, 0.2) is 0 Å². The van der Waals surface area contributed by atoms with Crippen LogP contribution in [0.1, 0.15) is 18.1 Å². The molecule has 0 aliphatic heterocycles. The van der Waals surface area contributed by atoms with Crippen molar-refractivity contribution in [2.75, 3.05) is 12.3 Å². The standard InChI is InChI=1S/C16H16N2O/c1-3-19-13-6-4-5-12(9-13)14-7-8-16(18)15(10-17)11(14)2/h4-9H,3,18H2,1-2H3. The van der Waals surface area contributed by atoms with E-state index in [0.29, 0.717) is 17.9 Å². The van der Waals surface area contributed by atoms with Crippen LogP contribution in [-0.2, 0) is 0 Å². The second kappa shape index (κ2) is 5.45. The lowest BCUT2D eigenvalue weighted by atomic mass is 9.95. The second-order valence-corrected chi connectivity index (χ2v) is 4.27. The molecule has 3 nitrogen and oxygen atoms in total. The average molecular weight is 252 g/mol. The van der Waals surface area contributed by atoms with Crippen LogP contribution in [0.5, 0.6) is 5.75 Å². The third-order valence-corrected chi connectivity index (χ3v) is 3.07. The van der Waals surface area contributed by atoms with Crippen molar-refractivity contribution in [3.63, 3.8) is 0 Å². The van der Waals surface area contributed by atoms with Gasteiger partial charge in [0.05, 0.1) is 12.2 Å². The molecular weight excluding hydrogens is 236 g/mol. The first-order valence-corrected chi connectivity index (χ1v) is 6.19. The van der Waals surface area contributed by atoms with Gasteiger partial charge in [0.1, 0.15) is 11.8 Å². The molecule has 2 rings (SSSR count). The molecule has 0 bridgehead atoms. The normalized spacial score (nSPS) is 9.95. The van der Waals surface area contributed by atoms with E-state index in [1.165, 1.54) is 0 Å². The minimum absolute atomic E-state index is 0.518. The van der Waals surface area contributed by atoms with E-state index in [-0.39, 0.29) is 0 Å². The summed E-state index contributed by atoms with van der Waals surface area (Å²) in [5.74, 6) is 0.828. The van der Waals surface area contributed by atoms with Gasteiger partial charge in [0.2, 0.25) is 0 Å². The zero-order chi connectivity index (χ0) is 13.8. The number of nitrogen functional groups attached to an aromatic ring is 1. The number of nitrogens with two attached hydrogens (primary N) is 1. The predicted octanol–water partition coefficient (Wildman–Crippen LogP) is 3.51. The molecule has 0 aliphatic carbocycles. The van der Waals surface area contributed by atoms with E-state index in [1.807, 2.05) is 44.2 Å². The summed E-state index contributed by atoms with van der Waals surface area (Å²) in [6.45, 7) is 4.50. The molecule has 0 radical (unpaired) electrons. The quantitative estimate of drug-likeness (QED) is 0.850. The Hall–Kier alpha value is -2.47. The van der Waals surface area contributed by atoms with Crippen molar-refractivity contribution >= 4 is 5.69 Å². The van der Waals surface area contributed by atoms with Gasteiger partial charge in [-0.25, -0.2) is 0 Å². The van der Waals surface area contributed by atoms with E-state index in [0.717, 1.165) is 22.4 Å². The number of benzene rings is 2. The Morgan fingerprint density at radius 2 is 2.05 bits per heavy atom. The molecule has 96 valence electrons. The van der Waals surface area contributed by atoms with E-state index in [4.69, 9.17) is 15.7 Å². The monoisotopic (exact) mass is 252 g/mol. The van der Waals surface area contributed by atoms with Gasteiger partial charge in [-0.1, -0.05) is 18.2 Å². The maximum Gasteiger partial charge on any atom is 0.119 e. The number of nitriles is 1. The number of anilines is 1. The maximum absolute atomic E-state index is 9.15. The lowest BCUT2D eigenvalue weighted by molar-refractivity contribution is 0.340. The van der Waals surface area contributed by atoms with Gasteiger partial charge in [0, 0.05) is 5.69 Å². The number of nitrogens with zero attached hydrogens (tertiary/aromatic N) is 1. The molecule has 0 saturated heterocycles. The number of hydrogen-bond donors (Lipinski definition) is 1. The zero-order valence-corrected chi connectivity index (χ0v) is 11.1. The number of rotatable bonds is 3. The maximum atomic E-state index is 9.15. The van der Waals surface area contributed by atoms with Crippen LogP contribution in [-0.4, -0.2) is 6.61 Å². The fourth-order valence-electron chi connectivity index (χ4n) is 2.11. The summed E-state index contributed by atoms with van der Waals surface area (Å²) >= 11 is 0. The molecule has 0 atom stereocenters. The van der Waals surface area contributed by atoms with Crippen molar-refractivity contribution in [3.8, 4) is 22.9 Å². The Bertz CT molecular complexity index is 642. The summed E-state index contributed by atoms with van der Waals surface area (Å²) < 4.78 is 5.50. The predicted molar refractivity (Wildman–Crippen MR) is 76.9 cm³/mol. The molecule has 2 aromatic rings. The van der Waals surface area contributed by atoms with Crippen LogP contribution in [0.25, 0.3) is 11.1 Å². The average Bonchev–Trinajstić information content (AvgIpc) is 2.40. The van der Waals surface area contributed by atoms with Gasteiger partial charge in [-0.3, -0.25) is 0 Å². The van der Waals surface area contributed by atoms with Crippen LogP contribution in [0.2, 0.25) is 0 Å². The molecule has 0 aliphatic rings. The van der Waals surface area contributed by atoms with Crippen molar-refractivity contribution in [3.05, 3.63) is 47.5 Å². The molecule has 2 aromatic carbocycles. The summed E-state index contributed by atoms with van der Waals surface area (Å²) in [4.78, 5) is 0. The topological polar surface area (TPSA) is 59.0 Å². The van der Waals surface area contributed by atoms with E-state index in [2.05, 4.69) is 6.07 Å². The summed E-state index contributed by atoms with van der Waals surface area (Å²) in [5.41, 5.74) is 9.80. The van der Waals surface area contributed by atoms with Crippen molar-refractivity contribution in [2.45, 2.75) is 13.8 Å². The Balaban J connectivity index is 2.54. The summed E-state index contributed by atoms with van der Waals surface area (Å²) in [6, 6.07) is 13.7. The van der Waals surface area contributed by atoms with Gasteiger partial charge in [-0.05, 0) is 48.7 Å². The van der Waals surface area contributed by atoms with Crippen LogP contribution in [0.15, 0.2) is 36.4 Å². The Morgan fingerprint density at radius 1 is 1.26 bits per heavy atom. The zero-order valence-electron chi connectivity index (χ0n) is 11.1. The Labute approximate surface area is 113 Å². The van der Waals surface area contributed by atoms with Gasteiger partial charge < -0.3 is 10.5 Å². The van der Waals surface area contributed by atoms with Crippen LogP contribution in [0.4, 0.5) is 5.69 Å². The van der Waals surface area contributed by atoms with Crippen LogP contribution in [0, 0.1) is 18.3 Å². The molecule has 0 heterocycles. The van der Waals surface area contributed by atoms with Gasteiger partial charge in [-0.2, -0.15) is 5.26 Å². The van der Waals surface area contributed by atoms with Crippen molar-refractivity contribution in [1.29, 1.82) is 5.26 Å². The molecular formula is C16H16N2O. The van der Waals surface area contributed by atoms with E-state index in [1.54, 1.807) is 6.07 Å². The molecule has 3 heteroatoms. The molecule has 0 fully saturated rings.